The molecule has 26 heavy (non-hydrogen) atoms. The van der Waals surface area contributed by atoms with Gasteiger partial charge in [0.2, 0.25) is 0 Å². The number of hydrogen-bond donors (Lipinski definition) is 1. The van der Waals surface area contributed by atoms with Crippen molar-refractivity contribution in [3.63, 3.8) is 0 Å². The summed E-state index contributed by atoms with van der Waals surface area (Å²) in [4.78, 5) is 44.2. The zero-order valence-corrected chi connectivity index (χ0v) is 14.7. The number of fused-ring (bicyclic) bond motifs is 3. The van der Waals surface area contributed by atoms with E-state index < -0.39 is 11.2 Å². The van der Waals surface area contributed by atoms with Crippen molar-refractivity contribution in [1.82, 2.24) is 14.5 Å². The second-order valence-corrected chi connectivity index (χ2v) is 7.01. The monoisotopic (exact) mass is 349 g/mol. The van der Waals surface area contributed by atoms with E-state index in [0.29, 0.717) is 35.0 Å². The van der Waals surface area contributed by atoms with Crippen LogP contribution in [0.2, 0.25) is 0 Å². The minimum absolute atomic E-state index is 0.0145. The molecule has 0 bridgehead atoms. The fourth-order valence-corrected chi connectivity index (χ4v) is 3.82. The van der Waals surface area contributed by atoms with E-state index in [1.807, 2.05) is 44.2 Å². The van der Waals surface area contributed by atoms with Crippen LogP contribution in [0.15, 0.2) is 46.1 Å². The number of Topliss-reactive ketones (excluding diaryl/α,β-unsaturated/α-hetero) is 1. The lowest BCUT2D eigenvalue weighted by Gasteiger charge is -2.25. The van der Waals surface area contributed by atoms with Gasteiger partial charge in [-0.05, 0) is 37.3 Å². The van der Waals surface area contributed by atoms with Crippen LogP contribution in [0.5, 0.6) is 0 Å². The second kappa shape index (κ2) is 6.05. The van der Waals surface area contributed by atoms with Crippen molar-refractivity contribution in [2.24, 2.45) is 0 Å². The Hall–Kier alpha value is -3.02. The molecular weight excluding hydrogens is 330 g/mol. The lowest BCUT2D eigenvalue weighted by atomic mass is 9.79. The van der Waals surface area contributed by atoms with Crippen LogP contribution in [0.4, 0.5) is 0 Å². The van der Waals surface area contributed by atoms with E-state index in [1.54, 1.807) is 0 Å². The van der Waals surface area contributed by atoms with Gasteiger partial charge in [0.25, 0.3) is 5.56 Å². The highest BCUT2D eigenvalue weighted by Crippen LogP contribution is 2.34. The lowest BCUT2D eigenvalue weighted by molar-refractivity contribution is 0.0964. The van der Waals surface area contributed by atoms with Gasteiger partial charge >= 0.3 is 5.69 Å². The minimum Gasteiger partial charge on any atom is -0.294 e. The summed E-state index contributed by atoms with van der Waals surface area (Å²) in [5.41, 5.74) is 1.64. The Bertz CT molecular complexity index is 1130. The highest BCUT2D eigenvalue weighted by molar-refractivity contribution is 6.02. The van der Waals surface area contributed by atoms with Crippen LogP contribution in [0, 0.1) is 0 Å². The molecule has 0 radical (unpaired) electrons. The molecule has 1 unspecified atom stereocenters. The van der Waals surface area contributed by atoms with E-state index >= 15 is 0 Å². The van der Waals surface area contributed by atoms with E-state index in [1.165, 1.54) is 10.8 Å². The molecule has 0 amide bonds. The van der Waals surface area contributed by atoms with E-state index in [9.17, 15) is 14.4 Å². The van der Waals surface area contributed by atoms with Gasteiger partial charge in [-0.2, -0.15) is 0 Å². The summed E-state index contributed by atoms with van der Waals surface area (Å²) in [7, 11) is 0. The number of rotatable bonds is 2. The fourth-order valence-electron chi connectivity index (χ4n) is 3.82. The van der Waals surface area contributed by atoms with E-state index in [4.69, 9.17) is 0 Å². The van der Waals surface area contributed by atoms with Crippen LogP contribution in [-0.4, -0.2) is 20.3 Å². The molecule has 1 aliphatic rings. The van der Waals surface area contributed by atoms with Gasteiger partial charge in [-0.15, -0.1) is 0 Å². The predicted molar refractivity (Wildman–Crippen MR) is 98.8 cm³/mol. The Balaban J connectivity index is 1.99. The van der Waals surface area contributed by atoms with Crippen LogP contribution < -0.4 is 11.2 Å². The molecule has 6 nitrogen and oxygen atoms in total. The number of benzene rings is 1. The summed E-state index contributed by atoms with van der Waals surface area (Å²) in [6.07, 6.45) is 2.48. The first-order chi connectivity index (χ1) is 12.5. The Morgan fingerprint density at radius 2 is 1.85 bits per heavy atom. The van der Waals surface area contributed by atoms with Crippen molar-refractivity contribution < 1.29 is 4.79 Å². The summed E-state index contributed by atoms with van der Waals surface area (Å²) in [6, 6.07) is 9.68. The number of hydrogen-bond acceptors (Lipinski definition) is 4. The van der Waals surface area contributed by atoms with Crippen molar-refractivity contribution >= 4 is 16.8 Å². The van der Waals surface area contributed by atoms with Crippen LogP contribution in [-0.2, 0) is 6.42 Å². The molecular formula is C20H19N3O3. The molecule has 3 aromatic rings. The first-order valence-electron chi connectivity index (χ1n) is 8.72. The number of pyridine rings is 1. The highest BCUT2D eigenvalue weighted by Gasteiger charge is 2.30. The molecule has 4 rings (SSSR count). The largest absolute Gasteiger partial charge is 0.330 e. The molecule has 0 fully saturated rings. The van der Waals surface area contributed by atoms with Crippen molar-refractivity contribution in [1.29, 1.82) is 0 Å². The maximum atomic E-state index is 12.7. The molecule has 1 atom stereocenters. The SMILES string of the molecule is CC(C)n1c(=O)[nH]c(=O)c2c3c(cnc21)C(=O)CC(c1ccccc1)C3. The van der Waals surface area contributed by atoms with Gasteiger partial charge in [-0.3, -0.25) is 19.1 Å². The van der Waals surface area contributed by atoms with E-state index in [-0.39, 0.29) is 17.7 Å². The molecule has 6 heteroatoms. The molecule has 0 aliphatic heterocycles. The third kappa shape index (κ3) is 2.49. The first kappa shape index (κ1) is 16.4. The van der Waals surface area contributed by atoms with Crippen molar-refractivity contribution in [3.05, 3.63) is 74.1 Å². The Labute approximate surface area is 149 Å². The maximum absolute atomic E-state index is 12.7. The molecule has 1 N–H and O–H groups in total. The maximum Gasteiger partial charge on any atom is 0.330 e. The van der Waals surface area contributed by atoms with Gasteiger partial charge in [0, 0.05) is 24.2 Å². The smallest absolute Gasteiger partial charge is 0.294 e. The number of carbonyl (C=O) groups excluding carboxylic acids is 1. The Morgan fingerprint density at radius 1 is 1.12 bits per heavy atom. The summed E-state index contributed by atoms with van der Waals surface area (Å²) >= 11 is 0. The average molecular weight is 349 g/mol. The summed E-state index contributed by atoms with van der Waals surface area (Å²) in [5, 5.41) is 0.352. The Morgan fingerprint density at radius 3 is 2.54 bits per heavy atom. The zero-order chi connectivity index (χ0) is 18.4. The predicted octanol–water partition coefficient (Wildman–Crippen LogP) is 2.58. The molecule has 0 spiro atoms. The second-order valence-electron chi connectivity index (χ2n) is 7.01. The zero-order valence-electron chi connectivity index (χ0n) is 14.7. The number of nitrogens with zero attached hydrogens (tertiary/aromatic N) is 2. The van der Waals surface area contributed by atoms with Crippen molar-refractivity contribution in [3.8, 4) is 0 Å². The average Bonchev–Trinajstić information content (AvgIpc) is 2.61. The van der Waals surface area contributed by atoms with Gasteiger partial charge in [-0.25, -0.2) is 9.78 Å². The van der Waals surface area contributed by atoms with E-state index in [2.05, 4.69) is 9.97 Å². The molecule has 0 saturated carbocycles. The number of H-pyrrole nitrogens is 1. The van der Waals surface area contributed by atoms with Gasteiger partial charge in [0.15, 0.2) is 5.78 Å². The number of ketones is 1. The Kier molecular flexibility index (Phi) is 3.83. The lowest BCUT2D eigenvalue weighted by Crippen LogP contribution is -2.33. The van der Waals surface area contributed by atoms with E-state index in [0.717, 1.165) is 5.56 Å². The van der Waals surface area contributed by atoms with Crippen molar-refractivity contribution in [2.75, 3.05) is 0 Å². The molecule has 2 aromatic heterocycles. The van der Waals surface area contributed by atoms with Gasteiger partial charge < -0.3 is 0 Å². The fraction of sp³-hybridized carbons (Fsp3) is 0.300. The number of nitrogens with one attached hydrogen (secondary N) is 1. The number of aromatic nitrogens is 3. The summed E-state index contributed by atoms with van der Waals surface area (Å²) in [6.45, 7) is 3.72. The molecule has 1 aliphatic carbocycles. The number of carbonyl (C=O) groups is 1. The minimum atomic E-state index is -0.480. The van der Waals surface area contributed by atoms with Crippen LogP contribution >= 0.6 is 0 Å². The number of aromatic amines is 1. The molecule has 132 valence electrons. The third-order valence-electron chi connectivity index (χ3n) is 5.03. The highest BCUT2D eigenvalue weighted by atomic mass is 16.2. The van der Waals surface area contributed by atoms with Crippen LogP contribution in [0.3, 0.4) is 0 Å². The van der Waals surface area contributed by atoms with Gasteiger partial charge in [-0.1, -0.05) is 30.3 Å². The topological polar surface area (TPSA) is 84.8 Å². The third-order valence-corrected chi connectivity index (χ3v) is 5.03. The molecule has 1 aromatic carbocycles. The normalized spacial score (nSPS) is 16.9. The van der Waals surface area contributed by atoms with Crippen molar-refractivity contribution in [2.45, 2.75) is 38.6 Å². The van der Waals surface area contributed by atoms with Gasteiger partial charge in [0.05, 0.1) is 5.39 Å². The molecule has 2 heterocycles. The standard InChI is InChI=1S/C20H19N3O3/c1-11(2)23-18-17(19(25)22-20(23)26)14-8-13(12-6-4-3-5-7-12)9-16(24)15(14)10-21-18/h3-7,10-11,13H,8-9H2,1-2H3,(H,22,25,26). The quantitative estimate of drug-likeness (QED) is 0.770. The summed E-state index contributed by atoms with van der Waals surface area (Å²) in [5.74, 6) is -0.00294. The van der Waals surface area contributed by atoms with Crippen LogP contribution in [0.1, 0.15) is 53.7 Å². The summed E-state index contributed by atoms with van der Waals surface area (Å²) < 4.78 is 1.47. The molecule has 0 saturated heterocycles. The first-order valence-corrected chi connectivity index (χ1v) is 8.72. The van der Waals surface area contributed by atoms with Gasteiger partial charge in [0.1, 0.15) is 5.65 Å². The van der Waals surface area contributed by atoms with Crippen LogP contribution in [0.25, 0.3) is 11.0 Å².